The molecule has 3 nitrogen and oxygen atoms in total. The zero-order valence-corrected chi connectivity index (χ0v) is 11.4. The van der Waals surface area contributed by atoms with Crippen molar-refractivity contribution in [3.63, 3.8) is 0 Å². The Labute approximate surface area is 115 Å². The van der Waals surface area contributed by atoms with Crippen molar-refractivity contribution < 1.29 is 4.79 Å². The second kappa shape index (κ2) is 5.85. The third kappa shape index (κ3) is 2.72. The fourth-order valence-electron chi connectivity index (χ4n) is 3.29. The maximum Gasteiger partial charge on any atom is 0.194 e. The maximum absolute atomic E-state index is 12.8. The number of carbonyl (C=O) groups excluding carboxylic acids is 1. The van der Waals surface area contributed by atoms with Crippen molar-refractivity contribution in [1.29, 1.82) is 0 Å². The predicted molar refractivity (Wildman–Crippen MR) is 76.2 cm³/mol. The Balaban J connectivity index is 1.83. The van der Waals surface area contributed by atoms with Crippen LogP contribution in [0, 0.1) is 0 Å². The van der Waals surface area contributed by atoms with Gasteiger partial charge in [0.15, 0.2) is 5.78 Å². The molecule has 2 saturated heterocycles. The normalized spacial score (nSPS) is 21.3. The van der Waals surface area contributed by atoms with Gasteiger partial charge in [-0.05, 0) is 25.7 Å². The van der Waals surface area contributed by atoms with E-state index in [-0.39, 0.29) is 11.9 Å². The van der Waals surface area contributed by atoms with Gasteiger partial charge in [0.25, 0.3) is 0 Å². The Hall–Kier alpha value is -1.19. The van der Waals surface area contributed by atoms with Gasteiger partial charge in [0.05, 0.1) is 0 Å². The number of benzene rings is 1. The first-order valence-corrected chi connectivity index (χ1v) is 7.43. The Morgan fingerprint density at radius 3 is 1.79 bits per heavy atom. The van der Waals surface area contributed by atoms with Gasteiger partial charge in [-0.3, -0.25) is 14.6 Å². The van der Waals surface area contributed by atoms with Crippen LogP contribution in [0.15, 0.2) is 30.3 Å². The minimum Gasteiger partial charge on any atom is -0.291 e. The molecule has 0 radical (unpaired) electrons. The second-order valence-electron chi connectivity index (χ2n) is 5.59. The first kappa shape index (κ1) is 12.8. The van der Waals surface area contributed by atoms with Crippen LogP contribution in [0.5, 0.6) is 0 Å². The van der Waals surface area contributed by atoms with Crippen molar-refractivity contribution in [1.82, 2.24) is 9.80 Å². The van der Waals surface area contributed by atoms with E-state index in [1.54, 1.807) is 0 Å². The van der Waals surface area contributed by atoms with Crippen LogP contribution < -0.4 is 0 Å². The van der Waals surface area contributed by atoms with Gasteiger partial charge in [-0.1, -0.05) is 30.3 Å². The topological polar surface area (TPSA) is 23.6 Å². The second-order valence-corrected chi connectivity index (χ2v) is 5.59. The molecule has 3 rings (SSSR count). The molecule has 0 unspecified atom stereocenters. The summed E-state index contributed by atoms with van der Waals surface area (Å²) in [5.74, 6) is 0.282. The number of nitrogens with zero attached hydrogens (tertiary/aromatic N) is 2. The monoisotopic (exact) mass is 258 g/mol. The molecular formula is C16H22N2O. The number of hydrogen-bond acceptors (Lipinski definition) is 3. The van der Waals surface area contributed by atoms with Crippen LogP contribution in [0.4, 0.5) is 0 Å². The van der Waals surface area contributed by atoms with E-state index >= 15 is 0 Å². The maximum atomic E-state index is 12.8. The van der Waals surface area contributed by atoms with Gasteiger partial charge in [0.2, 0.25) is 0 Å². The van der Waals surface area contributed by atoms with Crippen molar-refractivity contribution in [2.75, 3.05) is 26.2 Å². The molecule has 1 aromatic rings. The lowest BCUT2D eigenvalue weighted by Gasteiger charge is -2.33. The Morgan fingerprint density at radius 2 is 1.32 bits per heavy atom. The fourth-order valence-corrected chi connectivity index (χ4v) is 3.29. The summed E-state index contributed by atoms with van der Waals surface area (Å²) in [7, 11) is 0. The zero-order chi connectivity index (χ0) is 13.1. The summed E-state index contributed by atoms with van der Waals surface area (Å²) in [6.07, 6.45) is 4.89. The van der Waals surface area contributed by atoms with E-state index in [2.05, 4.69) is 9.80 Å². The molecule has 19 heavy (non-hydrogen) atoms. The molecule has 0 N–H and O–H groups in total. The number of rotatable bonds is 4. The SMILES string of the molecule is O=C(c1ccccc1)C(N1CCCC1)N1CCCC1. The van der Waals surface area contributed by atoms with Crippen molar-refractivity contribution in [2.24, 2.45) is 0 Å². The van der Waals surface area contributed by atoms with Crippen molar-refractivity contribution >= 4 is 5.78 Å². The molecule has 1 aromatic carbocycles. The molecule has 0 spiro atoms. The molecule has 2 heterocycles. The Morgan fingerprint density at radius 1 is 0.842 bits per heavy atom. The van der Waals surface area contributed by atoms with E-state index in [0.29, 0.717) is 0 Å². The highest BCUT2D eigenvalue weighted by molar-refractivity contribution is 5.99. The molecule has 0 amide bonds. The molecule has 0 atom stereocenters. The van der Waals surface area contributed by atoms with Crippen LogP contribution in [0.25, 0.3) is 0 Å². The van der Waals surface area contributed by atoms with Crippen LogP contribution in [-0.4, -0.2) is 47.9 Å². The quantitative estimate of drug-likeness (QED) is 0.775. The lowest BCUT2D eigenvalue weighted by atomic mass is 10.1. The van der Waals surface area contributed by atoms with Crippen molar-refractivity contribution in [3.05, 3.63) is 35.9 Å². The molecule has 2 aliphatic rings. The van der Waals surface area contributed by atoms with Gasteiger partial charge in [-0.15, -0.1) is 0 Å². The molecule has 0 aromatic heterocycles. The smallest absolute Gasteiger partial charge is 0.194 e. The van der Waals surface area contributed by atoms with Crippen molar-refractivity contribution in [2.45, 2.75) is 31.8 Å². The zero-order valence-electron chi connectivity index (χ0n) is 11.4. The van der Waals surface area contributed by atoms with Gasteiger partial charge in [-0.2, -0.15) is 0 Å². The summed E-state index contributed by atoms with van der Waals surface area (Å²) in [6.45, 7) is 4.28. The van der Waals surface area contributed by atoms with Gasteiger partial charge < -0.3 is 0 Å². The highest BCUT2D eigenvalue weighted by Crippen LogP contribution is 2.22. The summed E-state index contributed by atoms with van der Waals surface area (Å²) in [4.78, 5) is 17.6. The van der Waals surface area contributed by atoms with Crippen molar-refractivity contribution in [3.8, 4) is 0 Å². The third-order valence-electron chi connectivity index (χ3n) is 4.27. The van der Waals surface area contributed by atoms with E-state index in [1.807, 2.05) is 30.3 Å². The first-order chi connectivity index (χ1) is 9.36. The van der Waals surface area contributed by atoms with E-state index in [9.17, 15) is 4.79 Å². The molecular weight excluding hydrogens is 236 g/mol. The molecule has 0 saturated carbocycles. The molecule has 2 fully saturated rings. The van der Waals surface area contributed by atoms with Crippen LogP contribution in [0.2, 0.25) is 0 Å². The Bertz CT molecular complexity index is 404. The lowest BCUT2D eigenvalue weighted by molar-refractivity contribution is 0.0520. The van der Waals surface area contributed by atoms with Gasteiger partial charge in [0.1, 0.15) is 6.17 Å². The van der Waals surface area contributed by atoms with E-state index in [1.165, 1.54) is 25.7 Å². The standard InChI is InChI=1S/C16H22N2O/c19-15(14-8-2-1-3-9-14)16(17-10-4-5-11-17)18-12-6-7-13-18/h1-3,8-9,16H,4-7,10-13H2. The van der Waals surface area contributed by atoms with Gasteiger partial charge in [0, 0.05) is 31.7 Å². The van der Waals surface area contributed by atoms with Gasteiger partial charge >= 0.3 is 0 Å². The fraction of sp³-hybridized carbons (Fsp3) is 0.562. The van der Waals surface area contributed by atoms with Crippen LogP contribution >= 0.6 is 0 Å². The molecule has 3 heteroatoms. The van der Waals surface area contributed by atoms with Crippen LogP contribution in [0.1, 0.15) is 36.0 Å². The molecule has 2 aliphatic heterocycles. The largest absolute Gasteiger partial charge is 0.291 e. The molecule has 102 valence electrons. The highest BCUT2D eigenvalue weighted by Gasteiger charge is 2.34. The number of carbonyl (C=O) groups is 1. The minimum absolute atomic E-state index is 0.0209. The summed E-state index contributed by atoms with van der Waals surface area (Å²) in [6, 6.07) is 9.77. The highest BCUT2D eigenvalue weighted by atomic mass is 16.1. The van der Waals surface area contributed by atoms with Gasteiger partial charge in [-0.25, -0.2) is 0 Å². The summed E-state index contributed by atoms with van der Waals surface area (Å²) in [5, 5.41) is 0. The molecule has 0 aliphatic carbocycles. The third-order valence-corrected chi connectivity index (χ3v) is 4.27. The average molecular weight is 258 g/mol. The van der Waals surface area contributed by atoms with Crippen LogP contribution in [0.3, 0.4) is 0 Å². The summed E-state index contributed by atoms with van der Waals surface area (Å²) < 4.78 is 0. The van der Waals surface area contributed by atoms with E-state index in [4.69, 9.17) is 0 Å². The average Bonchev–Trinajstić information content (AvgIpc) is 3.13. The number of hydrogen-bond donors (Lipinski definition) is 0. The number of Topliss-reactive ketones (excluding diaryl/α,β-unsaturated/α-hetero) is 1. The summed E-state index contributed by atoms with van der Waals surface area (Å²) in [5.41, 5.74) is 0.853. The number of ketones is 1. The predicted octanol–water partition coefficient (Wildman–Crippen LogP) is 2.39. The van der Waals surface area contributed by atoms with E-state index < -0.39 is 0 Å². The van der Waals surface area contributed by atoms with E-state index in [0.717, 1.165) is 31.7 Å². The Kier molecular flexibility index (Phi) is 3.95. The summed E-state index contributed by atoms with van der Waals surface area (Å²) >= 11 is 0. The van der Waals surface area contributed by atoms with Crippen LogP contribution in [-0.2, 0) is 0 Å². The molecule has 0 bridgehead atoms. The minimum atomic E-state index is -0.0209. The first-order valence-electron chi connectivity index (χ1n) is 7.43. The lowest BCUT2D eigenvalue weighted by Crippen LogP contribution is -2.51. The number of likely N-dealkylation sites (tertiary alicyclic amines) is 2.